The smallest absolute Gasteiger partial charge is 0.238 e. The minimum atomic E-state index is -3.65. The molecule has 5 nitrogen and oxygen atoms in total. The number of hydrogen-bond acceptors (Lipinski definition) is 3. The molecule has 2 N–H and O–H groups in total. The standard InChI is InChI=1S/C14H22N2O3S/c1-3-11-16(4-2)14(17)10-7-12-5-8-13(9-6-12)20(15,18)19/h5-6,8-9H,3-4,7,10-11H2,1-2H3,(H2,15,18,19). The minimum absolute atomic E-state index is 0.0914. The number of rotatable bonds is 7. The summed E-state index contributed by atoms with van der Waals surface area (Å²) in [6.07, 6.45) is 1.98. The molecule has 0 aliphatic carbocycles. The van der Waals surface area contributed by atoms with Crippen molar-refractivity contribution in [2.45, 2.75) is 38.0 Å². The summed E-state index contributed by atoms with van der Waals surface area (Å²) in [6.45, 7) is 5.51. The molecule has 0 bridgehead atoms. The van der Waals surface area contributed by atoms with E-state index in [0.29, 0.717) is 12.8 Å². The third-order valence-electron chi connectivity index (χ3n) is 3.11. The van der Waals surface area contributed by atoms with E-state index < -0.39 is 10.0 Å². The first kappa shape index (κ1) is 16.7. The lowest BCUT2D eigenvalue weighted by atomic mass is 10.1. The van der Waals surface area contributed by atoms with Gasteiger partial charge in [0.1, 0.15) is 0 Å². The van der Waals surface area contributed by atoms with Crippen molar-refractivity contribution in [2.24, 2.45) is 5.14 Å². The van der Waals surface area contributed by atoms with Crippen LogP contribution in [0.3, 0.4) is 0 Å². The predicted octanol–water partition coefficient (Wildman–Crippen LogP) is 1.53. The van der Waals surface area contributed by atoms with E-state index in [9.17, 15) is 13.2 Å². The van der Waals surface area contributed by atoms with E-state index in [4.69, 9.17) is 5.14 Å². The van der Waals surface area contributed by atoms with Crippen LogP contribution >= 0.6 is 0 Å². The second-order valence-electron chi connectivity index (χ2n) is 4.66. The zero-order valence-electron chi connectivity index (χ0n) is 12.0. The van der Waals surface area contributed by atoms with Crippen LogP contribution in [0.2, 0.25) is 0 Å². The fraction of sp³-hybridized carbons (Fsp3) is 0.500. The molecule has 0 radical (unpaired) electrons. The highest BCUT2D eigenvalue weighted by Gasteiger charge is 2.11. The van der Waals surface area contributed by atoms with Crippen molar-refractivity contribution >= 4 is 15.9 Å². The molecular formula is C14H22N2O3S. The number of carbonyl (C=O) groups is 1. The lowest BCUT2D eigenvalue weighted by Crippen LogP contribution is -2.31. The van der Waals surface area contributed by atoms with Crippen LogP contribution in [0.15, 0.2) is 29.2 Å². The van der Waals surface area contributed by atoms with Crippen molar-refractivity contribution in [2.75, 3.05) is 13.1 Å². The van der Waals surface area contributed by atoms with E-state index in [1.54, 1.807) is 12.1 Å². The van der Waals surface area contributed by atoms with Gasteiger partial charge in [-0.3, -0.25) is 4.79 Å². The van der Waals surface area contributed by atoms with Crippen molar-refractivity contribution in [3.8, 4) is 0 Å². The van der Waals surface area contributed by atoms with Crippen molar-refractivity contribution in [3.63, 3.8) is 0 Å². The van der Waals surface area contributed by atoms with Gasteiger partial charge in [-0.15, -0.1) is 0 Å². The van der Waals surface area contributed by atoms with E-state index in [2.05, 4.69) is 0 Å². The Morgan fingerprint density at radius 3 is 2.25 bits per heavy atom. The van der Waals surface area contributed by atoms with Crippen molar-refractivity contribution in [3.05, 3.63) is 29.8 Å². The highest BCUT2D eigenvalue weighted by atomic mass is 32.2. The van der Waals surface area contributed by atoms with Gasteiger partial charge in [-0.05, 0) is 37.5 Å². The summed E-state index contributed by atoms with van der Waals surface area (Å²) in [5.41, 5.74) is 0.929. The Hall–Kier alpha value is -1.40. The molecular weight excluding hydrogens is 276 g/mol. The average molecular weight is 298 g/mol. The maximum absolute atomic E-state index is 12.0. The number of hydrogen-bond donors (Lipinski definition) is 1. The number of nitrogens with two attached hydrogens (primary N) is 1. The number of primary sulfonamides is 1. The molecule has 1 amide bonds. The molecule has 1 aromatic carbocycles. The Bertz CT molecular complexity index is 538. The number of carbonyl (C=O) groups excluding carboxylic acids is 1. The second kappa shape index (κ2) is 7.40. The first-order valence-electron chi connectivity index (χ1n) is 6.78. The molecule has 0 fully saturated rings. The van der Waals surface area contributed by atoms with Crippen LogP contribution in [0.4, 0.5) is 0 Å². The molecule has 0 unspecified atom stereocenters. The molecule has 112 valence electrons. The molecule has 1 aromatic rings. The van der Waals surface area contributed by atoms with Gasteiger partial charge >= 0.3 is 0 Å². The molecule has 0 aliphatic rings. The van der Waals surface area contributed by atoms with Gasteiger partial charge in [0.05, 0.1) is 4.90 Å². The summed E-state index contributed by atoms with van der Waals surface area (Å²) in [5.74, 6) is 0.130. The van der Waals surface area contributed by atoms with Gasteiger partial charge in [-0.25, -0.2) is 13.6 Å². The van der Waals surface area contributed by atoms with E-state index in [-0.39, 0.29) is 10.8 Å². The minimum Gasteiger partial charge on any atom is -0.343 e. The maximum atomic E-state index is 12.0. The fourth-order valence-electron chi connectivity index (χ4n) is 1.98. The Kier molecular flexibility index (Phi) is 6.16. The van der Waals surface area contributed by atoms with E-state index >= 15 is 0 Å². The Morgan fingerprint density at radius 1 is 1.20 bits per heavy atom. The molecule has 20 heavy (non-hydrogen) atoms. The van der Waals surface area contributed by atoms with Crippen molar-refractivity contribution in [1.82, 2.24) is 4.90 Å². The summed E-state index contributed by atoms with van der Waals surface area (Å²) in [4.78, 5) is 13.9. The van der Waals surface area contributed by atoms with Crippen LogP contribution in [0.5, 0.6) is 0 Å². The van der Waals surface area contributed by atoms with Crippen molar-refractivity contribution in [1.29, 1.82) is 0 Å². The predicted molar refractivity (Wildman–Crippen MR) is 78.7 cm³/mol. The summed E-state index contributed by atoms with van der Waals surface area (Å²) in [7, 11) is -3.65. The largest absolute Gasteiger partial charge is 0.343 e. The first-order valence-corrected chi connectivity index (χ1v) is 8.32. The molecule has 0 atom stereocenters. The van der Waals surface area contributed by atoms with Crippen LogP contribution in [0.25, 0.3) is 0 Å². The van der Waals surface area contributed by atoms with Crippen LogP contribution < -0.4 is 5.14 Å². The SMILES string of the molecule is CCCN(CC)C(=O)CCc1ccc(S(N)(=O)=O)cc1. The Labute approximate surface area is 120 Å². The number of aryl methyl sites for hydroxylation is 1. The zero-order chi connectivity index (χ0) is 15.2. The summed E-state index contributed by atoms with van der Waals surface area (Å²) in [6, 6.07) is 6.34. The molecule has 0 aliphatic heterocycles. The number of benzene rings is 1. The number of amides is 1. The first-order chi connectivity index (χ1) is 9.38. The monoisotopic (exact) mass is 298 g/mol. The van der Waals surface area contributed by atoms with Gasteiger partial charge in [0.15, 0.2) is 0 Å². The van der Waals surface area contributed by atoms with Crippen LogP contribution in [0.1, 0.15) is 32.3 Å². The molecule has 0 aromatic heterocycles. The highest BCUT2D eigenvalue weighted by molar-refractivity contribution is 7.89. The van der Waals surface area contributed by atoms with Gasteiger partial charge in [0, 0.05) is 19.5 Å². The zero-order valence-corrected chi connectivity index (χ0v) is 12.8. The summed E-state index contributed by atoms with van der Waals surface area (Å²) < 4.78 is 22.3. The van der Waals surface area contributed by atoms with Crippen LogP contribution in [-0.2, 0) is 21.2 Å². The number of nitrogens with zero attached hydrogens (tertiary/aromatic N) is 1. The van der Waals surface area contributed by atoms with Crippen molar-refractivity contribution < 1.29 is 13.2 Å². The maximum Gasteiger partial charge on any atom is 0.238 e. The highest BCUT2D eigenvalue weighted by Crippen LogP contribution is 2.11. The molecule has 0 spiro atoms. The van der Waals surface area contributed by atoms with Crippen LogP contribution in [0, 0.1) is 0 Å². The summed E-state index contributed by atoms with van der Waals surface area (Å²) >= 11 is 0. The normalized spacial score (nSPS) is 11.3. The fourth-order valence-corrected chi connectivity index (χ4v) is 2.50. The third kappa shape index (κ3) is 4.94. The van der Waals surface area contributed by atoms with E-state index in [1.807, 2.05) is 18.7 Å². The molecule has 0 heterocycles. The second-order valence-corrected chi connectivity index (χ2v) is 6.22. The van der Waals surface area contributed by atoms with Gasteiger partial charge in [-0.2, -0.15) is 0 Å². The van der Waals surface area contributed by atoms with Gasteiger partial charge in [-0.1, -0.05) is 19.1 Å². The van der Waals surface area contributed by atoms with Gasteiger partial charge in [0.25, 0.3) is 0 Å². The Morgan fingerprint density at radius 2 is 1.80 bits per heavy atom. The lowest BCUT2D eigenvalue weighted by molar-refractivity contribution is -0.131. The lowest BCUT2D eigenvalue weighted by Gasteiger charge is -2.19. The van der Waals surface area contributed by atoms with Gasteiger partial charge < -0.3 is 4.90 Å². The Balaban J connectivity index is 2.60. The summed E-state index contributed by atoms with van der Waals surface area (Å²) in [5, 5.41) is 5.03. The molecule has 0 saturated heterocycles. The molecule has 6 heteroatoms. The molecule has 1 rings (SSSR count). The van der Waals surface area contributed by atoms with E-state index in [1.165, 1.54) is 12.1 Å². The average Bonchev–Trinajstić information content (AvgIpc) is 2.41. The van der Waals surface area contributed by atoms with Crippen LogP contribution in [-0.4, -0.2) is 32.3 Å². The topological polar surface area (TPSA) is 80.5 Å². The number of sulfonamides is 1. The third-order valence-corrected chi connectivity index (χ3v) is 4.04. The van der Waals surface area contributed by atoms with E-state index in [0.717, 1.165) is 25.1 Å². The van der Waals surface area contributed by atoms with Gasteiger partial charge in [0.2, 0.25) is 15.9 Å². The quantitative estimate of drug-likeness (QED) is 0.829. The molecule has 0 saturated carbocycles.